The van der Waals surface area contributed by atoms with Crippen LogP contribution in [0.4, 0.5) is 5.69 Å². The van der Waals surface area contributed by atoms with Crippen LogP contribution in [0.1, 0.15) is 5.82 Å². The monoisotopic (exact) mass is 263 g/mol. The minimum atomic E-state index is -0.885. The van der Waals surface area contributed by atoms with Crippen LogP contribution in [0.5, 0.6) is 0 Å². The number of fused-ring (bicyclic) bond motifs is 1. The number of rotatable bonds is 5. The summed E-state index contributed by atoms with van der Waals surface area (Å²) >= 11 is 0. The molecule has 2 N–H and O–H groups in total. The lowest BCUT2D eigenvalue weighted by Gasteiger charge is -2.17. The van der Waals surface area contributed by atoms with Gasteiger partial charge in [0.25, 0.3) is 0 Å². The van der Waals surface area contributed by atoms with Crippen LogP contribution >= 0.6 is 0 Å². The Labute approximate surface area is 110 Å². The van der Waals surface area contributed by atoms with E-state index in [4.69, 9.17) is 10.2 Å². The zero-order valence-electron chi connectivity index (χ0n) is 11.0. The molecule has 0 saturated heterocycles. The third kappa shape index (κ3) is 2.68. The van der Waals surface area contributed by atoms with E-state index in [9.17, 15) is 4.79 Å². The Bertz CT molecular complexity index is 606. The summed E-state index contributed by atoms with van der Waals surface area (Å²) in [6, 6.07) is 5.66. The van der Waals surface area contributed by atoms with Gasteiger partial charge in [0.2, 0.25) is 0 Å². The van der Waals surface area contributed by atoms with E-state index < -0.39 is 5.97 Å². The summed E-state index contributed by atoms with van der Waals surface area (Å²) in [5.41, 5.74) is 2.52. The molecule has 1 heterocycles. The molecular weight excluding hydrogens is 246 g/mol. The molecule has 0 unspecified atom stereocenters. The number of benzene rings is 1. The highest BCUT2D eigenvalue weighted by molar-refractivity contribution is 5.82. The molecular formula is C13H17N3O3. The van der Waals surface area contributed by atoms with E-state index in [1.165, 1.54) is 0 Å². The molecule has 0 aliphatic heterocycles. The molecule has 0 aliphatic rings. The predicted molar refractivity (Wildman–Crippen MR) is 72.5 cm³/mol. The van der Waals surface area contributed by atoms with Crippen LogP contribution in [-0.2, 0) is 11.3 Å². The summed E-state index contributed by atoms with van der Waals surface area (Å²) in [5.74, 6) is -0.205. The van der Waals surface area contributed by atoms with Gasteiger partial charge in [-0.2, -0.15) is 0 Å². The van der Waals surface area contributed by atoms with E-state index in [1.54, 1.807) is 11.5 Å². The number of carboxylic acid groups (broad SMARTS) is 1. The third-order valence-electron chi connectivity index (χ3n) is 3.09. The quantitative estimate of drug-likeness (QED) is 0.836. The molecule has 1 aromatic carbocycles. The Kier molecular flexibility index (Phi) is 3.71. The maximum atomic E-state index is 10.8. The van der Waals surface area contributed by atoms with E-state index in [0.717, 1.165) is 16.7 Å². The minimum Gasteiger partial charge on any atom is -0.480 e. The normalized spacial score (nSPS) is 10.9. The largest absolute Gasteiger partial charge is 0.480 e. The molecule has 6 heteroatoms. The molecule has 6 nitrogen and oxygen atoms in total. The second-order valence-electron chi connectivity index (χ2n) is 4.46. The molecule has 19 heavy (non-hydrogen) atoms. The van der Waals surface area contributed by atoms with Crippen LogP contribution < -0.4 is 4.90 Å². The summed E-state index contributed by atoms with van der Waals surface area (Å²) in [5, 5.41) is 17.8. The molecule has 1 aromatic heterocycles. The van der Waals surface area contributed by atoms with Crippen molar-refractivity contribution in [2.45, 2.75) is 13.5 Å². The van der Waals surface area contributed by atoms with Crippen LogP contribution in [0.2, 0.25) is 0 Å². The van der Waals surface area contributed by atoms with Crippen LogP contribution in [0.15, 0.2) is 18.2 Å². The van der Waals surface area contributed by atoms with Gasteiger partial charge in [-0.25, -0.2) is 4.98 Å². The van der Waals surface area contributed by atoms with Gasteiger partial charge in [0.05, 0.1) is 17.6 Å². The molecule has 0 bridgehead atoms. The number of hydrogen-bond donors (Lipinski definition) is 2. The van der Waals surface area contributed by atoms with Crippen molar-refractivity contribution >= 4 is 22.7 Å². The van der Waals surface area contributed by atoms with Crippen molar-refractivity contribution in [3.05, 3.63) is 24.0 Å². The third-order valence-corrected chi connectivity index (χ3v) is 3.09. The van der Waals surface area contributed by atoms with Crippen LogP contribution in [0.3, 0.4) is 0 Å². The molecule has 0 atom stereocenters. The van der Waals surface area contributed by atoms with E-state index in [-0.39, 0.29) is 13.2 Å². The Morgan fingerprint density at radius 2 is 2.21 bits per heavy atom. The molecule has 0 aliphatic carbocycles. The molecule has 0 spiro atoms. The molecule has 0 amide bonds. The molecule has 102 valence electrons. The fourth-order valence-electron chi connectivity index (χ4n) is 2.09. The number of aliphatic hydroxyl groups is 1. The first kappa shape index (κ1) is 13.4. The molecule has 0 saturated carbocycles. The summed E-state index contributed by atoms with van der Waals surface area (Å²) in [7, 11) is 1.89. The van der Waals surface area contributed by atoms with E-state index in [2.05, 4.69) is 4.98 Å². The number of aromatic nitrogens is 2. The summed E-state index contributed by atoms with van der Waals surface area (Å²) < 4.78 is 1.67. The number of imidazole rings is 1. The van der Waals surface area contributed by atoms with Crippen molar-refractivity contribution in [2.75, 3.05) is 25.1 Å². The lowest BCUT2D eigenvalue weighted by atomic mass is 10.2. The number of aliphatic hydroxyl groups excluding tert-OH is 1. The van der Waals surface area contributed by atoms with Crippen molar-refractivity contribution in [3.63, 3.8) is 0 Å². The number of aliphatic carboxylic acids is 1. The lowest BCUT2D eigenvalue weighted by molar-refractivity contribution is -0.137. The first-order valence-corrected chi connectivity index (χ1v) is 6.03. The average molecular weight is 263 g/mol. The number of likely N-dealkylation sites (N-methyl/N-ethyl adjacent to an activating group) is 1. The maximum Gasteiger partial charge on any atom is 0.323 e. The van der Waals surface area contributed by atoms with Crippen molar-refractivity contribution < 1.29 is 15.0 Å². The van der Waals surface area contributed by atoms with Crippen molar-refractivity contribution in [2.24, 2.45) is 0 Å². The molecule has 0 radical (unpaired) electrons. The smallest absolute Gasteiger partial charge is 0.323 e. The van der Waals surface area contributed by atoms with Gasteiger partial charge in [-0.15, -0.1) is 0 Å². The van der Waals surface area contributed by atoms with Crippen molar-refractivity contribution in [3.8, 4) is 0 Å². The number of hydrogen-bond acceptors (Lipinski definition) is 4. The van der Waals surface area contributed by atoms with Crippen LogP contribution in [0, 0.1) is 6.92 Å². The second-order valence-corrected chi connectivity index (χ2v) is 4.46. The first-order valence-electron chi connectivity index (χ1n) is 6.03. The predicted octanol–water partition coefficient (Wildman–Crippen LogP) is 0.858. The fraction of sp³-hybridized carbons (Fsp3) is 0.385. The molecule has 0 fully saturated rings. The molecule has 2 rings (SSSR count). The summed E-state index contributed by atoms with van der Waals surface area (Å²) in [6.45, 7) is 2.33. The van der Waals surface area contributed by atoms with E-state index in [0.29, 0.717) is 12.4 Å². The van der Waals surface area contributed by atoms with Gasteiger partial charge < -0.3 is 19.7 Å². The lowest BCUT2D eigenvalue weighted by Crippen LogP contribution is -2.20. The maximum absolute atomic E-state index is 10.8. The zero-order chi connectivity index (χ0) is 14.0. The number of carbonyl (C=O) groups is 1. The number of anilines is 1. The standard InChI is InChI=1S/C13H17N3O3/c1-9-14-11-7-10(15(2)5-6-17)3-4-12(11)16(9)8-13(18)19/h3-4,7,17H,5-6,8H2,1-2H3,(H,18,19). The van der Waals surface area contributed by atoms with Gasteiger partial charge in [0.15, 0.2) is 0 Å². The van der Waals surface area contributed by atoms with Gasteiger partial charge in [0.1, 0.15) is 12.4 Å². The van der Waals surface area contributed by atoms with Crippen molar-refractivity contribution in [1.29, 1.82) is 0 Å². The summed E-state index contributed by atoms with van der Waals surface area (Å²) in [6.07, 6.45) is 0. The van der Waals surface area contributed by atoms with Crippen LogP contribution in [-0.4, -0.2) is 45.9 Å². The topological polar surface area (TPSA) is 78.6 Å². The van der Waals surface area contributed by atoms with Gasteiger partial charge in [-0.05, 0) is 25.1 Å². The van der Waals surface area contributed by atoms with Gasteiger partial charge in [-0.1, -0.05) is 0 Å². The van der Waals surface area contributed by atoms with Gasteiger partial charge in [-0.3, -0.25) is 4.79 Å². The van der Waals surface area contributed by atoms with Gasteiger partial charge >= 0.3 is 5.97 Å². The Morgan fingerprint density at radius 1 is 1.47 bits per heavy atom. The van der Waals surface area contributed by atoms with Crippen LogP contribution in [0.25, 0.3) is 11.0 Å². The zero-order valence-corrected chi connectivity index (χ0v) is 11.0. The Hall–Kier alpha value is -2.08. The Balaban J connectivity index is 2.42. The average Bonchev–Trinajstić information content (AvgIpc) is 2.65. The van der Waals surface area contributed by atoms with Crippen molar-refractivity contribution in [1.82, 2.24) is 9.55 Å². The second kappa shape index (κ2) is 5.27. The minimum absolute atomic E-state index is 0.0843. The number of aryl methyl sites for hydroxylation is 1. The number of carboxylic acids is 1. The summed E-state index contributed by atoms with van der Waals surface area (Å²) in [4.78, 5) is 17.1. The highest BCUT2D eigenvalue weighted by Gasteiger charge is 2.11. The van der Waals surface area contributed by atoms with E-state index in [1.807, 2.05) is 30.1 Å². The van der Waals surface area contributed by atoms with E-state index >= 15 is 0 Å². The first-order chi connectivity index (χ1) is 9.02. The van der Waals surface area contributed by atoms with Gasteiger partial charge in [0, 0.05) is 19.3 Å². The highest BCUT2D eigenvalue weighted by Crippen LogP contribution is 2.22. The Morgan fingerprint density at radius 3 is 2.84 bits per heavy atom. The fourth-order valence-corrected chi connectivity index (χ4v) is 2.09. The SMILES string of the molecule is Cc1nc2cc(N(C)CCO)ccc2n1CC(=O)O. The highest BCUT2D eigenvalue weighted by atomic mass is 16.4. The number of nitrogens with zero attached hydrogens (tertiary/aromatic N) is 3. The molecule has 2 aromatic rings.